The maximum atomic E-state index is 12.1. The second-order valence-corrected chi connectivity index (χ2v) is 6.75. The van der Waals surface area contributed by atoms with Crippen molar-refractivity contribution in [3.63, 3.8) is 0 Å². The minimum absolute atomic E-state index is 0.168. The number of hydrogen-bond donors (Lipinski definition) is 1. The zero-order valence-corrected chi connectivity index (χ0v) is 15.0. The maximum absolute atomic E-state index is 12.1. The van der Waals surface area contributed by atoms with E-state index in [0.717, 1.165) is 15.8 Å². The second-order valence-electron chi connectivity index (χ2n) is 5.74. The van der Waals surface area contributed by atoms with Crippen LogP contribution in [0, 0.1) is 6.92 Å². The number of carbonyl (C=O) groups excluding carboxylic acids is 2. The lowest BCUT2D eigenvalue weighted by Gasteiger charge is -2.06. The summed E-state index contributed by atoms with van der Waals surface area (Å²) in [5.74, 6) is -0.412. The van der Waals surface area contributed by atoms with Gasteiger partial charge in [0.15, 0.2) is 4.80 Å². The zero-order chi connectivity index (χ0) is 17.8. The normalized spacial score (nSPS) is 11.7. The molecule has 128 valence electrons. The SMILES string of the molecule is Cc1ccccc1C(=O)NCCC(=O)N=c1sc2ccccc2n1C. The predicted octanol–water partition coefficient (Wildman–Crippen LogP) is 2.80. The molecule has 6 heteroatoms. The molecule has 2 aromatic carbocycles. The summed E-state index contributed by atoms with van der Waals surface area (Å²) in [6.07, 6.45) is 0.172. The highest BCUT2D eigenvalue weighted by atomic mass is 32.1. The van der Waals surface area contributed by atoms with E-state index in [2.05, 4.69) is 10.3 Å². The molecule has 0 spiro atoms. The fourth-order valence-corrected chi connectivity index (χ4v) is 3.59. The Bertz CT molecular complexity index is 1000. The summed E-state index contributed by atoms with van der Waals surface area (Å²) in [6, 6.07) is 15.3. The Kier molecular flexibility index (Phi) is 5.09. The molecule has 1 heterocycles. The number of para-hydroxylation sites is 1. The van der Waals surface area contributed by atoms with Crippen LogP contribution in [0.4, 0.5) is 0 Å². The van der Waals surface area contributed by atoms with E-state index in [1.165, 1.54) is 11.3 Å². The van der Waals surface area contributed by atoms with E-state index in [9.17, 15) is 9.59 Å². The topological polar surface area (TPSA) is 63.5 Å². The summed E-state index contributed by atoms with van der Waals surface area (Å²) < 4.78 is 2.99. The van der Waals surface area contributed by atoms with Crippen LogP contribution in [0.1, 0.15) is 22.3 Å². The summed E-state index contributed by atoms with van der Waals surface area (Å²) >= 11 is 1.48. The van der Waals surface area contributed by atoms with E-state index in [1.807, 2.05) is 61.0 Å². The quantitative estimate of drug-likeness (QED) is 0.784. The number of fused-ring (bicyclic) bond motifs is 1. The number of thiazole rings is 1. The first-order valence-electron chi connectivity index (χ1n) is 8.02. The molecule has 25 heavy (non-hydrogen) atoms. The van der Waals surface area contributed by atoms with E-state index in [1.54, 1.807) is 6.07 Å². The van der Waals surface area contributed by atoms with Crippen LogP contribution in [0.15, 0.2) is 53.5 Å². The molecular weight excluding hydrogens is 334 g/mol. The van der Waals surface area contributed by atoms with Crippen LogP contribution in [-0.2, 0) is 11.8 Å². The molecule has 2 amide bonds. The summed E-state index contributed by atoms with van der Waals surface area (Å²) in [4.78, 5) is 29.1. The number of aryl methyl sites for hydroxylation is 2. The lowest BCUT2D eigenvalue weighted by molar-refractivity contribution is -0.117. The van der Waals surface area contributed by atoms with Crippen molar-refractivity contribution in [2.24, 2.45) is 12.0 Å². The lowest BCUT2D eigenvalue weighted by atomic mass is 10.1. The van der Waals surface area contributed by atoms with Gasteiger partial charge in [0.1, 0.15) is 0 Å². The highest BCUT2D eigenvalue weighted by Gasteiger charge is 2.09. The lowest BCUT2D eigenvalue weighted by Crippen LogP contribution is -2.26. The van der Waals surface area contributed by atoms with Crippen LogP contribution in [-0.4, -0.2) is 22.9 Å². The van der Waals surface area contributed by atoms with Crippen molar-refractivity contribution in [3.8, 4) is 0 Å². The average molecular weight is 353 g/mol. The van der Waals surface area contributed by atoms with Gasteiger partial charge in [-0.2, -0.15) is 4.99 Å². The third-order valence-electron chi connectivity index (χ3n) is 3.95. The smallest absolute Gasteiger partial charge is 0.251 e. The van der Waals surface area contributed by atoms with Gasteiger partial charge in [-0.3, -0.25) is 9.59 Å². The van der Waals surface area contributed by atoms with Crippen LogP contribution in [0.5, 0.6) is 0 Å². The second kappa shape index (κ2) is 7.44. The molecule has 0 radical (unpaired) electrons. The Hall–Kier alpha value is -2.73. The summed E-state index contributed by atoms with van der Waals surface area (Å²) in [5.41, 5.74) is 2.59. The number of nitrogens with one attached hydrogen (secondary N) is 1. The Morgan fingerprint density at radius 3 is 2.60 bits per heavy atom. The van der Waals surface area contributed by atoms with Gasteiger partial charge in [-0.05, 0) is 30.7 Å². The summed E-state index contributed by atoms with van der Waals surface area (Å²) in [7, 11) is 1.89. The molecule has 1 aromatic heterocycles. The molecule has 1 N–H and O–H groups in total. The molecule has 0 aliphatic carbocycles. The number of aromatic nitrogens is 1. The van der Waals surface area contributed by atoms with E-state index in [-0.39, 0.29) is 24.8 Å². The molecule has 0 fully saturated rings. The van der Waals surface area contributed by atoms with Crippen molar-refractivity contribution in [1.82, 2.24) is 9.88 Å². The summed E-state index contributed by atoms with van der Waals surface area (Å²) in [5, 5.41) is 2.77. The predicted molar refractivity (Wildman–Crippen MR) is 99.5 cm³/mol. The molecule has 0 aliphatic heterocycles. The highest BCUT2D eigenvalue weighted by Crippen LogP contribution is 2.15. The van der Waals surface area contributed by atoms with Gasteiger partial charge in [-0.15, -0.1) is 0 Å². The molecular formula is C19H19N3O2S. The molecule has 3 aromatic rings. The third kappa shape index (κ3) is 3.85. The molecule has 3 rings (SSSR count). The first-order valence-corrected chi connectivity index (χ1v) is 8.84. The van der Waals surface area contributed by atoms with Crippen molar-refractivity contribution in [2.45, 2.75) is 13.3 Å². The van der Waals surface area contributed by atoms with Crippen molar-refractivity contribution >= 4 is 33.4 Å². The van der Waals surface area contributed by atoms with Crippen molar-refractivity contribution in [1.29, 1.82) is 0 Å². The van der Waals surface area contributed by atoms with Crippen LogP contribution in [0.3, 0.4) is 0 Å². The maximum Gasteiger partial charge on any atom is 0.251 e. The van der Waals surface area contributed by atoms with Crippen LogP contribution in [0.25, 0.3) is 10.2 Å². The Labute approximate surface area is 149 Å². The number of benzene rings is 2. The Morgan fingerprint density at radius 2 is 1.84 bits per heavy atom. The minimum atomic E-state index is -0.243. The van der Waals surface area contributed by atoms with E-state index >= 15 is 0 Å². The standard InChI is InChI=1S/C19H19N3O2S/c1-13-7-3-4-8-14(13)18(24)20-12-11-17(23)21-19-22(2)15-9-5-6-10-16(15)25-19/h3-10H,11-12H2,1-2H3,(H,20,24). The summed E-state index contributed by atoms with van der Waals surface area (Å²) in [6.45, 7) is 2.15. The molecule has 0 aliphatic rings. The van der Waals surface area contributed by atoms with Gasteiger partial charge in [0.25, 0.3) is 5.91 Å². The largest absolute Gasteiger partial charge is 0.352 e. The molecule has 0 atom stereocenters. The van der Waals surface area contributed by atoms with E-state index in [4.69, 9.17) is 0 Å². The monoisotopic (exact) mass is 353 g/mol. The average Bonchev–Trinajstić information content (AvgIpc) is 2.91. The van der Waals surface area contributed by atoms with E-state index < -0.39 is 0 Å². The van der Waals surface area contributed by atoms with Gasteiger partial charge in [0, 0.05) is 25.6 Å². The van der Waals surface area contributed by atoms with Gasteiger partial charge in [-0.25, -0.2) is 0 Å². The van der Waals surface area contributed by atoms with Gasteiger partial charge in [0.05, 0.1) is 10.2 Å². The number of rotatable bonds is 4. The van der Waals surface area contributed by atoms with Crippen molar-refractivity contribution in [2.75, 3.05) is 6.54 Å². The molecule has 0 saturated heterocycles. The van der Waals surface area contributed by atoms with Gasteiger partial charge < -0.3 is 9.88 Å². The zero-order valence-electron chi connectivity index (χ0n) is 14.2. The number of hydrogen-bond acceptors (Lipinski definition) is 3. The number of amides is 2. The fraction of sp³-hybridized carbons (Fsp3) is 0.211. The first kappa shape index (κ1) is 17.1. The van der Waals surface area contributed by atoms with Crippen LogP contribution < -0.4 is 10.1 Å². The fourth-order valence-electron chi connectivity index (χ4n) is 2.56. The number of nitrogens with zero attached hydrogens (tertiary/aromatic N) is 2. The van der Waals surface area contributed by atoms with Crippen molar-refractivity contribution in [3.05, 3.63) is 64.5 Å². The molecule has 0 bridgehead atoms. The van der Waals surface area contributed by atoms with Gasteiger partial charge >= 0.3 is 0 Å². The van der Waals surface area contributed by atoms with Crippen LogP contribution in [0.2, 0.25) is 0 Å². The van der Waals surface area contributed by atoms with Gasteiger partial charge in [-0.1, -0.05) is 41.7 Å². The van der Waals surface area contributed by atoms with Crippen LogP contribution >= 0.6 is 11.3 Å². The van der Waals surface area contributed by atoms with Crippen molar-refractivity contribution < 1.29 is 9.59 Å². The third-order valence-corrected chi connectivity index (χ3v) is 5.06. The first-order chi connectivity index (χ1) is 12.1. The molecule has 0 saturated carbocycles. The van der Waals surface area contributed by atoms with Gasteiger partial charge in [0.2, 0.25) is 5.91 Å². The Balaban J connectivity index is 1.64. The molecule has 0 unspecified atom stereocenters. The van der Waals surface area contributed by atoms with E-state index in [0.29, 0.717) is 10.4 Å². The number of carbonyl (C=O) groups is 2. The molecule has 5 nitrogen and oxygen atoms in total. The highest BCUT2D eigenvalue weighted by molar-refractivity contribution is 7.16. The Morgan fingerprint density at radius 1 is 1.12 bits per heavy atom. The minimum Gasteiger partial charge on any atom is -0.352 e.